The molecule has 58 heavy (non-hydrogen) atoms. The van der Waals surface area contributed by atoms with Gasteiger partial charge in [0.2, 0.25) is 0 Å². The van der Waals surface area contributed by atoms with Crippen molar-refractivity contribution in [3.8, 4) is 0 Å². The fourth-order valence-corrected chi connectivity index (χ4v) is 11.1. The van der Waals surface area contributed by atoms with Gasteiger partial charge in [-0.1, -0.05) is 158 Å². The predicted octanol–water partition coefficient (Wildman–Crippen LogP) is 14.1. The monoisotopic (exact) mass is 820 g/mol. The van der Waals surface area contributed by atoms with Gasteiger partial charge in [-0.05, 0) is 112 Å². The maximum Gasteiger partial charge on any atom is 0.305 e. The number of ether oxygens (including phenoxy) is 3. The molecule has 2 aliphatic rings. The minimum Gasteiger partial charge on any atom is -0.467 e. The van der Waals surface area contributed by atoms with Gasteiger partial charge in [0, 0.05) is 19.4 Å². The van der Waals surface area contributed by atoms with E-state index in [4.69, 9.17) is 9.47 Å². The van der Waals surface area contributed by atoms with Crippen LogP contribution in [0.2, 0.25) is 0 Å². The third-order valence-corrected chi connectivity index (χ3v) is 13.7. The van der Waals surface area contributed by atoms with Gasteiger partial charge in [0.1, 0.15) is 6.61 Å². The lowest BCUT2D eigenvalue weighted by Gasteiger charge is -2.58. The van der Waals surface area contributed by atoms with Crippen LogP contribution in [-0.4, -0.2) is 63.8 Å². The number of fused-ring (bicyclic) bond motifs is 2. The number of unbranched alkanes of at least 4 members (excludes halogenated alkanes) is 8. The zero-order chi connectivity index (χ0) is 43.1. The minimum atomic E-state index is -0.000958. The molecule has 0 aromatic carbocycles. The van der Waals surface area contributed by atoms with Crippen molar-refractivity contribution in [1.29, 1.82) is 0 Å². The summed E-state index contributed by atoms with van der Waals surface area (Å²) in [7, 11) is 3.85. The van der Waals surface area contributed by atoms with E-state index >= 15 is 0 Å². The molecule has 0 aliphatic heterocycles. The summed E-state index contributed by atoms with van der Waals surface area (Å²) in [6.07, 6.45) is 34.1. The molecule has 7 nitrogen and oxygen atoms in total. The lowest BCUT2D eigenvalue weighted by Crippen LogP contribution is -2.47. The normalized spacial score (nSPS) is 22.8. The van der Waals surface area contributed by atoms with E-state index in [0.717, 1.165) is 38.6 Å². The quantitative estimate of drug-likeness (QED) is 0.0277. The van der Waals surface area contributed by atoms with E-state index in [2.05, 4.69) is 53.2 Å². The van der Waals surface area contributed by atoms with Crippen molar-refractivity contribution in [2.24, 2.45) is 34.0 Å². The Labute approximate surface area is 360 Å². The fraction of sp³-hybridized carbons (Fsp3) is 0.941. The Kier molecular flexibility index (Phi) is 30.1. The summed E-state index contributed by atoms with van der Waals surface area (Å²) < 4.78 is 16.3. The molecule has 2 aliphatic carbocycles. The lowest BCUT2D eigenvalue weighted by atomic mass is 9.47. The van der Waals surface area contributed by atoms with Crippen LogP contribution in [0.5, 0.6) is 0 Å². The van der Waals surface area contributed by atoms with Crippen molar-refractivity contribution in [2.75, 3.05) is 40.5 Å². The highest BCUT2D eigenvalue weighted by molar-refractivity contribution is 5.69. The summed E-state index contributed by atoms with van der Waals surface area (Å²) >= 11 is 0. The Morgan fingerprint density at radius 3 is 1.41 bits per heavy atom. The first kappa shape index (κ1) is 54.4. The molecule has 0 heterocycles. The van der Waals surface area contributed by atoms with E-state index in [9.17, 15) is 14.4 Å². The number of rotatable bonds is 34. The third kappa shape index (κ3) is 25.2. The molecule has 342 valence electrons. The molecule has 0 saturated heterocycles. The van der Waals surface area contributed by atoms with Crippen LogP contribution in [0.15, 0.2) is 0 Å². The third-order valence-electron chi connectivity index (χ3n) is 13.7. The summed E-state index contributed by atoms with van der Waals surface area (Å²) in [5, 5.41) is 0. The molecule has 0 radical (unpaired) electrons. The number of hydrogen-bond acceptors (Lipinski definition) is 7. The average molecular weight is 820 g/mol. The molecule has 0 aromatic rings. The van der Waals surface area contributed by atoms with Gasteiger partial charge in [-0.3, -0.25) is 14.4 Å². The van der Waals surface area contributed by atoms with Gasteiger partial charge >= 0.3 is 11.9 Å². The minimum absolute atomic E-state index is 0.000958. The molecule has 7 heteroatoms. The van der Waals surface area contributed by atoms with Crippen LogP contribution in [0.1, 0.15) is 235 Å². The zero-order valence-corrected chi connectivity index (χ0v) is 40.0. The van der Waals surface area contributed by atoms with Crippen LogP contribution in [0.25, 0.3) is 0 Å². The summed E-state index contributed by atoms with van der Waals surface area (Å²) in [5.74, 6) is 2.08. The molecule has 2 bridgehead atoms. The molecule has 2 saturated carbocycles. The Balaban J connectivity index is 0.00000189. The van der Waals surface area contributed by atoms with E-state index in [0.29, 0.717) is 62.3 Å². The van der Waals surface area contributed by atoms with Crippen molar-refractivity contribution < 1.29 is 28.6 Å². The predicted molar refractivity (Wildman–Crippen MR) is 244 cm³/mol. The maximum atomic E-state index is 13.2. The van der Waals surface area contributed by atoms with Crippen LogP contribution >= 0.6 is 0 Å². The second-order valence-corrected chi connectivity index (χ2v) is 20.2. The summed E-state index contributed by atoms with van der Waals surface area (Å²) in [4.78, 5) is 37.8. The Morgan fingerprint density at radius 2 is 1.02 bits per heavy atom. The van der Waals surface area contributed by atoms with Gasteiger partial charge in [-0.15, -0.1) is 0 Å². The van der Waals surface area contributed by atoms with Gasteiger partial charge < -0.3 is 19.1 Å². The standard InChI is InChI=1S/C46H86O4.C5H11NO2/c1-8-13-17-21-39(22-18-14-9-2)27-32-49-42(47)25-30-45(7)35-41-34-44(6,29-12-5)37-46(36-41,38-45)31-26-43(48)50-33-28-40(23-19-15-10-3)24-20-16-11-4;1-6(2)3-4-8-5-7/h39-41H,8-38H2,1-7H3;5H,3-4H2,1-2H3. The topological polar surface area (TPSA) is 82.1 Å². The van der Waals surface area contributed by atoms with Crippen molar-refractivity contribution in [2.45, 2.75) is 235 Å². The first-order valence-corrected chi connectivity index (χ1v) is 24.8. The molecule has 0 aromatic heterocycles. The number of nitrogens with zero attached hydrogens (tertiary/aromatic N) is 1. The van der Waals surface area contributed by atoms with Gasteiger partial charge in [0.05, 0.1) is 13.2 Å². The van der Waals surface area contributed by atoms with Crippen molar-refractivity contribution in [1.82, 2.24) is 4.90 Å². The molecule has 4 unspecified atom stereocenters. The smallest absolute Gasteiger partial charge is 0.305 e. The van der Waals surface area contributed by atoms with Gasteiger partial charge in [-0.25, -0.2) is 0 Å². The van der Waals surface area contributed by atoms with E-state index in [1.165, 1.54) is 141 Å². The number of carbonyl (C=O) groups excluding carboxylic acids is 3. The highest BCUT2D eigenvalue weighted by Gasteiger charge is 2.53. The van der Waals surface area contributed by atoms with E-state index in [1.54, 1.807) is 0 Å². The van der Waals surface area contributed by atoms with Crippen LogP contribution in [0.4, 0.5) is 0 Å². The molecule has 4 atom stereocenters. The number of carbonyl (C=O) groups is 3. The molecular weight excluding hydrogens is 723 g/mol. The van der Waals surface area contributed by atoms with Crippen LogP contribution in [0.3, 0.4) is 0 Å². The largest absolute Gasteiger partial charge is 0.467 e. The summed E-state index contributed by atoms with van der Waals surface area (Å²) in [6.45, 7) is 19.3. The van der Waals surface area contributed by atoms with Crippen LogP contribution < -0.4 is 0 Å². The van der Waals surface area contributed by atoms with Crippen molar-refractivity contribution in [3.05, 3.63) is 0 Å². The zero-order valence-electron chi connectivity index (χ0n) is 40.0. The van der Waals surface area contributed by atoms with Gasteiger partial charge in [0.15, 0.2) is 0 Å². The van der Waals surface area contributed by atoms with Crippen molar-refractivity contribution in [3.63, 3.8) is 0 Å². The van der Waals surface area contributed by atoms with Crippen LogP contribution in [0, 0.1) is 34.0 Å². The molecule has 0 spiro atoms. The highest BCUT2D eigenvalue weighted by atomic mass is 16.5. The average Bonchev–Trinajstić information content (AvgIpc) is 3.16. The number of hydrogen-bond donors (Lipinski definition) is 0. The summed E-state index contributed by atoms with van der Waals surface area (Å²) in [5.41, 5.74) is 0.666. The fourth-order valence-electron chi connectivity index (χ4n) is 11.1. The van der Waals surface area contributed by atoms with E-state index in [1.807, 2.05) is 19.0 Å². The first-order chi connectivity index (χ1) is 27.8. The second-order valence-electron chi connectivity index (χ2n) is 20.2. The van der Waals surface area contributed by atoms with Crippen molar-refractivity contribution >= 4 is 18.4 Å². The summed E-state index contributed by atoms with van der Waals surface area (Å²) in [6, 6.07) is 0. The molecule has 0 N–H and O–H groups in total. The molecule has 0 amide bonds. The maximum absolute atomic E-state index is 13.2. The van der Waals surface area contributed by atoms with Gasteiger partial charge in [-0.2, -0.15) is 0 Å². The lowest BCUT2D eigenvalue weighted by molar-refractivity contribution is -0.147. The van der Waals surface area contributed by atoms with E-state index < -0.39 is 0 Å². The Bertz CT molecular complexity index is 1030. The molecule has 2 fully saturated rings. The number of esters is 2. The highest BCUT2D eigenvalue weighted by Crippen LogP contribution is 2.64. The van der Waals surface area contributed by atoms with E-state index in [-0.39, 0.29) is 22.8 Å². The molecular formula is C51H97NO6. The Morgan fingerprint density at radius 1 is 0.586 bits per heavy atom. The molecule has 2 rings (SSSR count). The Hall–Kier alpha value is -1.63. The van der Waals surface area contributed by atoms with Gasteiger partial charge in [0.25, 0.3) is 6.47 Å². The second kappa shape index (κ2) is 32.1. The number of likely N-dealkylation sites (N-methyl/N-ethyl adjacent to an activating group) is 1. The first-order valence-electron chi connectivity index (χ1n) is 24.8. The SMILES string of the molecule is CCCCCC(CCCCC)CCOC(=O)CCC1(C)CC2CC(C)(CCC)CC(CCC(=O)OCCC(CCCCC)CCCCC)(C2)C1.CN(C)CCOC=O. The van der Waals surface area contributed by atoms with Crippen LogP contribution in [-0.2, 0) is 28.6 Å².